The zero-order valence-corrected chi connectivity index (χ0v) is 11.9. The molecule has 1 aromatic rings. The van der Waals surface area contributed by atoms with E-state index < -0.39 is 0 Å². The van der Waals surface area contributed by atoms with Crippen LogP contribution in [-0.2, 0) is 11.3 Å². The minimum absolute atomic E-state index is 0.0382. The lowest BCUT2D eigenvalue weighted by atomic mass is 10.1. The lowest BCUT2D eigenvalue weighted by Gasteiger charge is -2.17. The summed E-state index contributed by atoms with van der Waals surface area (Å²) in [5, 5.41) is 3.07. The molecule has 1 amide bonds. The van der Waals surface area contributed by atoms with Crippen molar-refractivity contribution >= 4 is 5.91 Å². The van der Waals surface area contributed by atoms with Crippen molar-refractivity contribution in [3.63, 3.8) is 0 Å². The second kappa shape index (κ2) is 7.90. The third-order valence-electron chi connectivity index (χ3n) is 3.77. The van der Waals surface area contributed by atoms with Crippen LogP contribution in [0.25, 0.3) is 0 Å². The second-order valence-electron chi connectivity index (χ2n) is 5.36. The van der Waals surface area contributed by atoms with Crippen LogP contribution in [0.1, 0.15) is 44.1 Å². The van der Waals surface area contributed by atoms with Crippen LogP contribution in [0, 0.1) is 0 Å². The molecule has 0 spiro atoms. The number of nitrogens with one attached hydrogen (secondary N) is 1. The molecule has 4 nitrogen and oxygen atoms in total. The Balaban J connectivity index is 1.79. The summed E-state index contributed by atoms with van der Waals surface area (Å²) in [5.74, 6) is 0.662. The molecular formula is C16H24N2O2. The van der Waals surface area contributed by atoms with Gasteiger partial charge < -0.3 is 15.8 Å². The van der Waals surface area contributed by atoms with E-state index in [9.17, 15) is 4.79 Å². The van der Waals surface area contributed by atoms with E-state index >= 15 is 0 Å². The highest BCUT2D eigenvalue weighted by molar-refractivity contribution is 5.77. The molecule has 3 N–H and O–H groups in total. The highest BCUT2D eigenvalue weighted by Crippen LogP contribution is 2.18. The van der Waals surface area contributed by atoms with Crippen LogP contribution < -0.4 is 15.8 Å². The Kier molecular flexibility index (Phi) is 5.87. The molecule has 4 heteroatoms. The van der Waals surface area contributed by atoms with Crippen molar-refractivity contribution < 1.29 is 9.53 Å². The summed E-state index contributed by atoms with van der Waals surface area (Å²) >= 11 is 0. The first-order valence-corrected chi connectivity index (χ1v) is 7.49. The van der Waals surface area contributed by atoms with Gasteiger partial charge in [0.1, 0.15) is 5.75 Å². The van der Waals surface area contributed by atoms with Crippen LogP contribution >= 0.6 is 0 Å². The number of amides is 1. The van der Waals surface area contributed by atoms with E-state index in [1.54, 1.807) is 0 Å². The fourth-order valence-electron chi connectivity index (χ4n) is 2.65. The van der Waals surface area contributed by atoms with Gasteiger partial charge in [-0.05, 0) is 18.9 Å². The third kappa shape index (κ3) is 4.53. The van der Waals surface area contributed by atoms with Crippen LogP contribution in [0.5, 0.6) is 5.75 Å². The van der Waals surface area contributed by atoms with E-state index in [0.717, 1.165) is 18.4 Å². The Morgan fingerprint density at radius 3 is 2.60 bits per heavy atom. The number of rotatable bonds is 5. The molecule has 1 saturated carbocycles. The number of benzene rings is 1. The SMILES string of the molecule is NCc1ccccc1OCC(=O)NC1CCCCCC1. The van der Waals surface area contributed by atoms with Gasteiger partial charge in [-0.15, -0.1) is 0 Å². The molecule has 0 bridgehead atoms. The molecule has 1 aliphatic rings. The molecule has 1 fully saturated rings. The van der Waals surface area contributed by atoms with E-state index in [0.29, 0.717) is 18.3 Å². The van der Waals surface area contributed by atoms with Gasteiger partial charge in [0, 0.05) is 18.2 Å². The smallest absolute Gasteiger partial charge is 0.258 e. The first-order valence-electron chi connectivity index (χ1n) is 7.49. The maximum absolute atomic E-state index is 11.9. The topological polar surface area (TPSA) is 64.3 Å². The second-order valence-corrected chi connectivity index (χ2v) is 5.36. The van der Waals surface area contributed by atoms with E-state index in [1.165, 1.54) is 25.7 Å². The standard InChI is InChI=1S/C16H24N2O2/c17-11-13-7-5-6-10-15(13)20-12-16(19)18-14-8-3-1-2-4-9-14/h5-7,10,14H,1-4,8-9,11-12,17H2,(H,18,19). The molecular weight excluding hydrogens is 252 g/mol. The molecule has 0 saturated heterocycles. The van der Waals surface area contributed by atoms with E-state index in [2.05, 4.69) is 5.32 Å². The first-order chi connectivity index (χ1) is 9.79. The molecule has 0 heterocycles. The van der Waals surface area contributed by atoms with Gasteiger partial charge in [0.2, 0.25) is 0 Å². The van der Waals surface area contributed by atoms with Crippen molar-refractivity contribution in [2.24, 2.45) is 5.73 Å². The monoisotopic (exact) mass is 276 g/mol. The fraction of sp³-hybridized carbons (Fsp3) is 0.562. The average molecular weight is 276 g/mol. The van der Waals surface area contributed by atoms with Gasteiger partial charge >= 0.3 is 0 Å². The van der Waals surface area contributed by atoms with Gasteiger partial charge in [-0.25, -0.2) is 0 Å². The number of hydrogen-bond donors (Lipinski definition) is 2. The number of carbonyl (C=O) groups is 1. The molecule has 0 unspecified atom stereocenters. The summed E-state index contributed by atoms with van der Waals surface area (Å²) in [7, 11) is 0. The van der Waals surface area contributed by atoms with E-state index in [1.807, 2.05) is 24.3 Å². The molecule has 20 heavy (non-hydrogen) atoms. The van der Waals surface area contributed by atoms with Gasteiger partial charge in [0.25, 0.3) is 5.91 Å². The van der Waals surface area contributed by atoms with Gasteiger partial charge in [-0.3, -0.25) is 4.79 Å². The Hall–Kier alpha value is -1.55. The summed E-state index contributed by atoms with van der Waals surface area (Å²) < 4.78 is 5.57. The van der Waals surface area contributed by atoms with Crippen molar-refractivity contribution in [3.05, 3.63) is 29.8 Å². The van der Waals surface area contributed by atoms with Gasteiger partial charge in [0.15, 0.2) is 6.61 Å². The fourth-order valence-corrected chi connectivity index (χ4v) is 2.65. The molecule has 1 aromatic carbocycles. The molecule has 0 aromatic heterocycles. The Morgan fingerprint density at radius 1 is 1.20 bits per heavy atom. The van der Waals surface area contributed by atoms with Crippen LogP contribution in [0.2, 0.25) is 0 Å². The minimum Gasteiger partial charge on any atom is -0.483 e. The molecule has 0 atom stereocenters. The van der Waals surface area contributed by atoms with E-state index in [-0.39, 0.29) is 12.5 Å². The molecule has 1 aliphatic carbocycles. The zero-order chi connectivity index (χ0) is 14.2. The predicted octanol–water partition coefficient (Wildman–Crippen LogP) is 2.36. The van der Waals surface area contributed by atoms with Gasteiger partial charge in [-0.2, -0.15) is 0 Å². The lowest BCUT2D eigenvalue weighted by Crippen LogP contribution is -2.37. The maximum atomic E-state index is 11.9. The summed E-state index contributed by atoms with van der Waals surface area (Å²) in [6.45, 7) is 0.480. The van der Waals surface area contributed by atoms with Crippen molar-refractivity contribution in [1.82, 2.24) is 5.32 Å². The Bertz CT molecular complexity index is 426. The van der Waals surface area contributed by atoms with Crippen molar-refractivity contribution in [3.8, 4) is 5.75 Å². The predicted molar refractivity (Wildman–Crippen MR) is 79.5 cm³/mol. The van der Waals surface area contributed by atoms with Crippen molar-refractivity contribution in [2.75, 3.05) is 6.61 Å². The summed E-state index contributed by atoms with van der Waals surface area (Å²) in [6, 6.07) is 7.89. The van der Waals surface area contributed by atoms with Crippen LogP contribution in [-0.4, -0.2) is 18.6 Å². The summed E-state index contributed by atoms with van der Waals surface area (Å²) in [4.78, 5) is 11.9. The highest BCUT2D eigenvalue weighted by atomic mass is 16.5. The van der Waals surface area contributed by atoms with Crippen LogP contribution in [0.3, 0.4) is 0 Å². The largest absolute Gasteiger partial charge is 0.483 e. The first kappa shape index (κ1) is 14.9. The number of hydrogen-bond acceptors (Lipinski definition) is 3. The molecule has 0 aliphatic heterocycles. The Labute approximate surface area is 120 Å². The number of carbonyl (C=O) groups excluding carboxylic acids is 1. The van der Waals surface area contributed by atoms with Crippen LogP contribution in [0.15, 0.2) is 24.3 Å². The zero-order valence-electron chi connectivity index (χ0n) is 11.9. The number of para-hydroxylation sites is 1. The van der Waals surface area contributed by atoms with E-state index in [4.69, 9.17) is 10.5 Å². The third-order valence-corrected chi connectivity index (χ3v) is 3.77. The van der Waals surface area contributed by atoms with Gasteiger partial charge in [-0.1, -0.05) is 43.9 Å². The molecule has 2 rings (SSSR count). The van der Waals surface area contributed by atoms with Gasteiger partial charge in [0.05, 0.1) is 0 Å². The Morgan fingerprint density at radius 2 is 1.90 bits per heavy atom. The van der Waals surface area contributed by atoms with Crippen molar-refractivity contribution in [1.29, 1.82) is 0 Å². The minimum atomic E-state index is -0.0382. The quantitative estimate of drug-likeness (QED) is 0.811. The maximum Gasteiger partial charge on any atom is 0.258 e. The number of ether oxygens (including phenoxy) is 1. The molecule has 110 valence electrons. The normalized spacial score (nSPS) is 16.4. The lowest BCUT2D eigenvalue weighted by molar-refractivity contribution is -0.123. The molecule has 0 radical (unpaired) electrons. The number of nitrogens with two attached hydrogens (primary N) is 1. The summed E-state index contributed by atoms with van der Waals surface area (Å²) in [6.07, 6.45) is 7.17. The van der Waals surface area contributed by atoms with Crippen molar-refractivity contribution in [2.45, 2.75) is 51.1 Å². The average Bonchev–Trinajstić information content (AvgIpc) is 2.74. The summed E-state index contributed by atoms with van der Waals surface area (Å²) in [5.41, 5.74) is 6.57. The highest BCUT2D eigenvalue weighted by Gasteiger charge is 2.15. The van der Waals surface area contributed by atoms with Crippen LogP contribution in [0.4, 0.5) is 0 Å².